The Bertz CT molecular complexity index is 1020. The van der Waals surface area contributed by atoms with E-state index in [0.29, 0.717) is 37.8 Å². The van der Waals surface area contributed by atoms with Crippen LogP contribution in [0.15, 0.2) is 52.0 Å². The van der Waals surface area contributed by atoms with Gasteiger partial charge in [-0.25, -0.2) is 0 Å². The van der Waals surface area contributed by atoms with E-state index in [0.717, 1.165) is 5.56 Å². The van der Waals surface area contributed by atoms with Gasteiger partial charge in [0.1, 0.15) is 11.5 Å². The van der Waals surface area contributed by atoms with E-state index in [1.807, 2.05) is 6.92 Å². The minimum atomic E-state index is -0.447. The lowest BCUT2D eigenvalue weighted by Crippen LogP contribution is -1.92. The first-order valence-corrected chi connectivity index (χ1v) is 8.77. The molecule has 9 heteroatoms. The topological polar surface area (TPSA) is 80.7 Å². The fraction of sp³-hybridized carbons (Fsp3) is 0.0556. The maximum Gasteiger partial charge on any atom is 0.270 e. The molecule has 1 N–H and O–H groups in total. The standard InChI is InChI=1S/C18H12Cl3N3O3/c1-10-2-3-12(24(25)26)8-14(10)17-5-4-13(27-17)9-22-23-18-15(20)6-11(19)7-16(18)21/h2-9,23H,1H3/b22-9-. The van der Waals surface area contributed by atoms with Gasteiger partial charge in [-0.1, -0.05) is 40.9 Å². The van der Waals surface area contributed by atoms with E-state index in [-0.39, 0.29) is 5.69 Å². The third-order valence-corrected chi connectivity index (χ3v) is 4.51. The molecule has 0 spiro atoms. The average molecular weight is 425 g/mol. The molecule has 0 amide bonds. The van der Waals surface area contributed by atoms with Crippen LogP contribution in [0.3, 0.4) is 0 Å². The Hall–Kier alpha value is -2.54. The molecule has 0 aliphatic rings. The van der Waals surface area contributed by atoms with Gasteiger partial charge in [0.2, 0.25) is 0 Å². The van der Waals surface area contributed by atoms with Gasteiger partial charge in [-0.2, -0.15) is 5.10 Å². The minimum absolute atomic E-state index is 0.00379. The van der Waals surface area contributed by atoms with Crippen LogP contribution in [-0.4, -0.2) is 11.1 Å². The summed E-state index contributed by atoms with van der Waals surface area (Å²) in [4.78, 5) is 10.5. The Kier molecular flexibility index (Phi) is 5.70. The number of non-ortho nitro benzene ring substituents is 1. The van der Waals surface area contributed by atoms with Crippen molar-refractivity contribution in [3.05, 3.63) is 79.0 Å². The molecule has 0 saturated heterocycles. The number of anilines is 1. The number of nitrogens with zero attached hydrogens (tertiary/aromatic N) is 2. The third-order valence-electron chi connectivity index (χ3n) is 3.70. The van der Waals surface area contributed by atoms with Crippen LogP contribution in [0.1, 0.15) is 11.3 Å². The molecule has 27 heavy (non-hydrogen) atoms. The number of nitrogens with one attached hydrogen (secondary N) is 1. The quantitative estimate of drug-likeness (QED) is 0.285. The highest BCUT2D eigenvalue weighted by molar-refractivity contribution is 6.41. The van der Waals surface area contributed by atoms with Crippen LogP contribution in [0.25, 0.3) is 11.3 Å². The number of furan rings is 1. The minimum Gasteiger partial charge on any atom is -0.455 e. The zero-order chi connectivity index (χ0) is 19.6. The molecule has 1 aromatic heterocycles. The van der Waals surface area contributed by atoms with Gasteiger partial charge in [0.05, 0.1) is 26.9 Å². The molecule has 0 aliphatic carbocycles. The maximum atomic E-state index is 11.0. The van der Waals surface area contributed by atoms with Gasteiger partial charge in [0, 0.05) is 22.7 Å². The van der Waals surface area contributed by atoms with Crippen molar-refractivity contribution in [1.82, 2.24) is 0 Å². The Balaban J connectivity index is 1.80. The summed E-state index contributed by atoms with van der Waals surface area (Å²) in [7, 11) is 0. The highest BCUT2D eigenvalue weighted by Crippen LogP contribution is 2.33. The summed E-state index contributed by atoms with van der Waals surface area (Å²) in [6.07, 6.45) is 1.44. The smallest absolute Gasteiger partial charge is 0.270 e. The molecule has 0 aliphatic heterocycles. The Labute approximate surface area is 169 Å². The molecule has 1 heterocycles. The van der Waals surface area contributed by atoms with Crippen LogP contribution < -0.4 is 5.43 Å². The van der Waals surface area contributed by atoms with E-state index in [1.54, 1.807) is 30.3 Å². The van der Waals surface area contributed by atoms with Crippen molar-refractivity contribution in [3.8, 4) is 11.3 Å². The average Bonchev–Trinajstić information content (AvgIpc) is 3.06. The van der Waals surface area contributed by atoms with Crippen molar-refractivity contribution >= 4 is 52.4 Å². The molecule has 0 unspecified atom stereocenters. The van der Waals surface area contributed by atoms with E-state index < -0.39 is 4.92 Å². The number of hydrogen-bond donors (Lipinski definition) is 1. The monoisotopic (exact) mass is 423 g/mol. The van der Waals surface area contributed by atoms with Gasteiger partial charge in [-0.3, -0.25) is 15.5 Å². The van der Waals surface area contributed by atoms with Crippen molar-refractivity contribution in [2.75, 3.05) is 5.43 Å². The summed E-state index contributed by atoms with van der Waals surface area (Å²) in [5.74, 6) is 0.949. The number of hydrazone groups is 1. The summed E-state index contributed by atoms with van der Waals surface area (Å²) in [5.41, 5.74) is 4.65. The Morgan fingerprint density at radius 1 is 1.11 bits per heavy atom. The Morgan fingerprint density at radius 3 is 2.48 bits per heavy atom. The molecule has 2 aromatic carbocycles. The van der Waals surface area contributed by atoms with Crippen LogP contribution in [0.5, 0.6) is 0 Å². The van der Waals surface area contributed by atoms with E-state index in [2.05, 4.69) is 10.5 Å². The third kappa shape index (κ3) is 4.42. The molecule has 138 valence electrons. The SMILES string of the molecule is Cc1ccc([N+](=O)[O-])cc1-c1ccc(/C=N\Nc2c(Cl)cc(Cl)cc2Cl)o1. The number of benzene rings is 2. The molecule has 0 bridgehead atoms. The normalized spacial score (nSPS) is 11.1. The number of rotatable bonds is 5. The molecule has 0 atom stereocenters. The lowest BCUT2D eigenvalue weighted by atomic mass is 10.1. The van der Waals surface area contributed by atoms with E-state index in [1.165, 1.54) is 18.3 Å². The highest BCUT2D eigenvalue weighted by atomic mass is 35.5. The highest BCUT2D eigenvalue weighted by Gasteiger charge is 2.13. The van der Waals surface area contributed by atoms with Crippen molar-refractivity contribution in [1.29, 1.82) is 0 Å². The zero-order valence-corrected chi connectivity index (χ0v) is 16.1. The van der Waals surface area contributed by atoms with Crippen LogP contribution in [0.2, 0.25) is 15.1 Å². The first kappa shape index (κ1) is 19.2. The summed E-state index contributed by atoms with van der Waals surface area (Å²) in [6.45, 7) is 1.85. The summed E-state index contributed by atoms with van der Waals surface area (Å²) in [5, 5.41) is 16.1. The van der Waals surface area contributed by atoms with Crippen molar-refractivity contribution < 1.29 is 9.34 Å². The van der Waals surface area contributed by atoms with Crippen molar-refractivity contribution in [2.45, 2.75) is 6.92 Å². The second-order valence-corrected chi connectivity index (χ2v) is 6.82. The van der Waals surface area contributed by atoms with Crippen LogP contribution >= 0.6 is 34.8 Å². The first-order valence-electron chi connectivity index (χ1n) is 7.64. The van der Waals surface area contributed by atoms with Crippen LogP contribution in [-0.2, 0) is 0 Å². The molecule has 6 nitrogen and oxygen atoms in total. The van der Waals surface area contributed by atoms with Crippen LogP contribution in [0.4, 0.5) is 11.4 Å². The van der Waals surface area contributed by atoms with Gasteiger partial charge >= 0.3 is 0 Å². The number of nitro groups is 1. The maximum absolute atomic E-state index is 11.0. The van der Waals surface area contributed by atoms with Gasteiger partial charge in [0.15, 0.2) is 0 Å². The fourth-order valence-corrected chi connectivity index (χ4v) is 3.27. The molecule has 0 saturated carbocycles. The summed E-state index contributed by atoms with van der Waals surface area (Å²) < 4.78 is 5.70. The lowest BCUT2D eigenvalue weighted by molar-refractivity contribution is -0.384. The van der Waals surface area contributed by atoms with Gasteiger partial charge < -0.3 is 4.42 Å². The Morgan fingerprint density at radius 2 is 1.81 bits per heavy atom. The molecule has 3 rings (SSSR count). The van der Waals surface area contributed by atoms with E-state index in [4.69, 9.17) is 39.2 Å². The first-order chi connectivity index (χ1) is 12.8. The predicted molar refractivity (Wildman–Crippen MR) is 108 cm³/mol. The van der Waals surface area contributed by atoms with E-state index >= 15 is 0 Å². The van der Waals surface area contributed by atoms with E-state index in [9.17, 15) is 10.1 Å². The van der Waals surface area contributed by atoms with Gasteiger partial charge in [-0.15, -0.1) is 0 Å². The summed E-state index contributed by atoms with van der Waals surface area (Å²) in [6, 6.07) is 11.1. The molecule has 0 radical (unpaired) electrons. The van der Waals surface area contributed by atoms with Crippen LogP contribution in [0, 0.1) is 17.0 Å². The number of hydrogen-bond acceptors (Lipinski definition) is 5. The van der Waals surface area contributed by atoms with Crippen molar-refractivity contribution in [3.63, 3.8) is 0 Å². The second kappa shape index (κ2) is 8.00. The summed E-state index contributed by atoms with van der Waals surface area (Å²) >= 11 is 18.0. The molecular weight excluding hydrogens is 413 g/mol. The number of nitro benzene ring substituents is 1. The van der Waals surface area contributed by atoms with Crippen molar-refractivity contribution in [2.24, 2.45) is 5.10 Å². The van der Waals surface area contributed by atoms with Gasteiger partial charge in [0.25, 0.3) is 5.69 Å². The fourth-order valence-electron chi connectivity index (χ4n) is 2.37. The molecule has 0 fully saturated rings. The zero-order valence-electron chi connectivity index (χ0n) is 13.9. The number of halogens is 3. The largest absolute Gasteiger partial charge is 0.455 e. The predicted octanol–water partition coefficient (Wildman–Crippen LogP) is 6.57. The molecule has 3 aromatic rings. The lowest BCUT2D eigenvalue weighted by Gasteiger charge is -2.06. The molecular formula is C18H12Cl3N3O3. The second-order valence-electron chi connectivity index (χ2n) is 5.57. The van der Waals surface area contributed by atoms with Gasteiger partial charge in [-0.05, 0) is 36.8 Å². The number of aryl methyl sites for hydroxylation is 1.